The lowest BCUT2D eigenvalue weighted by Gasteiger charge is -2.28. The van der Waals surface area contributed by atoms with E-state index in [1.165, 1.54) is 44.6 Å². The van der Waals surface area contributed by atoms with Crippen LogP contribution in [-0.2, 0) is 12.5 Å². The first kappa shape index (κ1) is 17.0. The van der Waals surface area contributed by atoms with E-state index in [4.69, 9.17) is 0 Å². The predicted octanol–water partition coefficient (Wildman–Crippen LogP) is 5.92. The fraction of sp³-hybridized carbons (Fsp3) is 0.320. The van der Waals surface area contributed by atoms with Gasteiger partial charge in [0.25, 0.3) is 0 Å². The van der Waals surface area contributed by atoms with Gasteiger partial charge in [0.15, 0.2) is 6.20 Å². The smallest absolute Gasteiger partial charge is 0.201 e. The Morgan fingerprint density at radius 2 is 1.58 bits per heavy atom. The molecule has 132 valence electrons. The molecule has 0 N–H and O–H groups in total. The molecule has 1 heterocycles. The van der Waals surface area contributed by atoms with Crippen LogP contribution in [0.1, 0.15) is 55.9 Å². The van der Waals surface area contributed by atoms with Crippen LogP contribution < -0.4 is 4.57 Å². The number of nitrogens with zero attached hydrogens (tertiary/aromatic N) is 1. The van der Waals surface area contributed by atoms with Gasteiger partial charge in [-0.1, -0.05) is 52.0 Å². The normalized spacial score (nSPS) is 14.4. The largest absolute Gasteiger partial charge is 0.212 e. The van der Waals surface area contributed by atoms with Crippen molar-refractivity contribution in [3.05, 3.63) is 77.0 Å². The first-order valence-electron chi connectivity index (χ1n) is 9.57. The van der Waals surface area contributed by atoms with Gasteiger partial charge in [0.1, 0.15) is 7.05 Å². The third kappa shape index (κ3) is 2.26. The molecule has 2 aromatic carbocycles. The van der Waals surface area contributed by atoms with Gasteiger partial charge in [-0.3, -0.25) is 0 Å². The van der Waals surface area contributed by atoms with E-state index in [1.807, 2.05) is 0 Å². The van der Waals surface area contributed by atoms with Gasteiger partial charge in [-0.2, -0.15) is 0 Å². The van der Waals surface area contributed by atoms with Crippen molar-refractivity contribution in [2.75, 3.05) is 0 Å². The summed E-state index contributed by atoms with van der Waals surface area (Å²) in [7, 11) is 2.13. The van der Waals surface area contributed by atoms with E-state index in [-0.39, 0.29) is 5.41 Å². The summed E-state index contributed by atoms with van der Waals surface area (Å²) in [6.45, 7) is 11.7. The third-order valence-electron chi connectivity index (χ3n) is 6.06. The Hall–Kier alpha value is -2.41. The highest BCUT2D eigenvalue weighted by atomic mass is 14.9. The van der Waals surface area contributed by atoms with Crippen molar-refractivity contribution in [3.63, 3.8) is 0 Å². The van der Waals surface area contributed by atoms with Crippen LogP contribution in [0.4, 0.5) is 0 Å². The second-order valence-electron chi connectivity index (χ2n) is 8.41. The van der Waals surface area contributed by atoms with Crippen molar-refractivity contribution in [2.45, 2.75) is 46.0 Å². The molecule has 1 aliphatic carbocycles. The SMILES string of the molecule is Cc1c(-c2cccc[n+]2C)cc2c(c1C(C)C)C(C)(C)c1ccccc1-2. The van der Waals surface area contributed by atoms with Crippen LogP contribution in [0, 0.1) is 6.92 Å². The molecule has 1 aliphatic rings. The fourth-order valence-corrected chi connectivity index (χ4v) is 4.88. The number of fused-ring (bicyclic) bond motifs is 3. The zero-order valence-electron chi connectivity index (χ0n) is 16.7. The van der Waals surface area contributed by atoms with Crippen LogP contribution in [0.15, 0.2) is 54.7 Å². The molecule has 0 unspecified atom stereocenters. The zero-order valence-corrected chi connectivity index (χ0v) is 16.7. The molecule has 0 amide bonds. The molecule has 4 rings (SSSR count). The van der Waals surface area contributed by atoms with Gasteiger partial charge in [-0.05, 0) is 58.4 Å². The van der Waals surface area contributed by atoms with Gasteiger partial charge in [-0.15, -0.1) is 0 Å². The van der Waals surface area contributed by atoms with Crippen LogP contribution in [-0.4, -0.2) is 0 Å². The van der Waals surface area contributed by atoms with Crippen molar-refractivity contribution in [3.8, 4) is 22.4 Å². The van der Waals surface area contributed by atoms with Gasteiger partial charge in [-0.25, -0.2) is 4.57 Å². The van der Waals surface area contributed by atoms with E-state index in [9.17, 15) is 0 Å². The molecule has 0 spiro atoms. The third-order valence-corrected chi connectivity index (χ3v) is 6.06. The summed E-state index contributed by atoms with van der Waals surface area (Å²) in [5.74, 6) is 0.492. The summed E-state index contributed by atoms with van der Waals surface area (Å²) >= 11 is 0. The van der Waals surface area contributed by atoms with Gasteiger partial charge in [0.05, 0.1) is 0 Å². The van der Waals surface area contributed by atoms with E-state index >= 15 is 0 Å². The van der Waals surface area contributed by atoms with Crippen molar-refractivity contribution >= 4 is 0 Å². The molecule has 0 bridgehead atoms. The molecule has 0 radical (unpaired) electrons. The standard InChI is InChI=1S/C25H28N/c1-16(2)23-17(3)19(22-13-9-10-14-26(22)6)15-20-18-11-7-8-12-21(18)25(4,5)24(20)23/h7-16H,1-6H3/q+1. The molecule has 1 nitrogen and oxygen atoms in total. The van der Waals surface area contributed by atoms with Gasteiger partial charge < -0.3 is 0 Å². The lowest BCUT2D eigenvalue weighted by Crippen LogP contribution is -2.30. The highest BCUT2D eigenvalue weighted by Gasteiger charge is 2.39. The predicted molar refractivity (Wildman–Crippen MR) is 109 cm³/mol. The second kappa shape index (κ2) is 5.81. The maximum Gasteiger partial charge on any atom is 0.212 e. The minimum atomic E-state index is 0.0493. The van der Waals surface area contributed by atoms with Gasteiger partial charge >= 0.3 is 0 Å². The van der Waals surface area contributed by atoms with Crippen molar-refractivity contribution in [1.29, 1.82) is 0 Å². The number of aryl methyl sites for hydroxylation is 1. The highest BCUT2D eigenvalue weighted by Crippen LogP contribution is 2.53. The van der Waals surface area contributed by atoms with Gasteiger partial charge in [0, 0.05) is 23.1 Å². The number of pyridine rings is 1. The number of hydrogen-bond acceptors (Lipinski definition) is 0. The summed E-state index contributed by atoms with van der Waals surface area (Å²) in [5.41, 5.74) is 11.4. The summed E-state index contributed by atoms with van der Waals surface area (Å²) in [6, 6.07) is 17.8. The van der Waals surface area contributed by atoms with Crippen LogP contribution in [0.2, 0.25) is 0 Å². The molecule has 0 saturated heterocycles. The molecule has 26 heavy (non-hydrogen) atoms. The van der Waals surface area contributed by atoms with E-state index in [2.05, 4.69) is 101 Å². The lowest BCUT2D eigenvalue weighted by atomic mass is 9.75. The molecular weight excluding hydrogens is 314 g/mol. The Bertz CT molecular complexity index is 1010. The average molecular weight is 343 g/mol. The summed E-state index contributed by atoms with van der Waals surface area (Å²) < 4.78 is 2.23. The summed E-state index contributed by atoms with van der Waals surface area (Å²) in [4.78, 5) is 0. The quantitative estimate of drug-likeness (QED) is 0.509. The molecular formula is C25H28N+. The first-order valence-corrected chi connectivity index (χ1v) is 9.57. The van der Waals surface area contributed by atoms with Crippen LogP contribution in [0.3, 0.4) is 0 Å². The number of rotatable bonds is 2. The van der Waals surface area contributed by atoms with E-state index < -0.39 is 0 Å². The second-order valence-corrected chi connectivity index (χ2v) is 8.41. The number of aromatic nitrogens is 1. The molecule has 3 aromatic rings. The Labute approximate surface area is 157 Å². The molecule has 0 saturated carbocycles. The van der Waals surface area contributed by atoms with Crippen LogP contribution in [0.5, 0.6) is 0 Å². The molecule has 1 heteroatoms. The van der Waals surface area contributed by atoms with Crippen LogP contribution in [0.25, 0.3) is 22.4 Å². The zero-order chi connectivity index (χ0) is 18.6. The summed E-state index contributed by atoms with van der Waals surface area (Å²) in [5, 5.41) is 0. The van der Waals surface area contributed by atoms with E-state index in [1.54, 1.807) is 0 Å². The van der Waals surface area contributed by atoms with E-state index in [0.29, 0.717) is 5.92 Å². The minimum Gasteiger partial charge on any atom is -0.201 e. The number of hydrogen-bond donors (Lipinski definition) is 0. The van der Waals surface area contributed by atoms with Crippen molar-refractivity contribution in [1.82, 2.24) is 0 Å². The maximum atomic E-state index is 2.43. The Balaban J connectivity index is 2.13. The number of benzene rings is 2. The average Bonchev–Trinajstić information content (AvgIpc) is 2.83. The Morgan fingerprint density at radius 1 is 0.885 bits per heavy atom. The minimum absolute atomic E-state index is 0.0493. The Kier molecular flexibility index (Phi) is 3.80. The maximum absolute atomic E-state index is 2.43. The molecule has 0 fully saturated rings. The van der Waals surface area contributed by atoms with Crippen LogP contribution >= 0.6 is 0 Å². The first-order chi connectivity index (χ1) is 12.3. The van der Waals surface area contributed by atoms with Crippen molar-refractivity contribution < 1.29 is 4.57 Å². The van der Waals surface area contributed by atoms with E-state index in [0.717, 1.165) is 0 Å². The Morgan fingerprint density at radius 3 is 2.27 bits per heavy atom. The topological polar surface area (TPSA) is 3.88 Å². The van der Waals surface area contributed by atoms with Crippen molar-refractivity contribution in [2.24, 2.45) is 7.05 Å². The highest BCUT2D eigenvalue weighted by molar-refractivity contribution is 5.86. The monoisotopic (exact) mass is 342 g/mol. The molecule has 0 atom stereocenters. The van der Waals surface area contributed by atoms with Gasteiger partial charge in [0.2, 0.25) is 5.69 Å². The molecule has 0 aliphatic heterocycles. The molecule has 1 aromatic heterocycles. The summed E-state index contributed by atoms with van der Waals surface area (Å²) in [6.07, 6.45) is 2.13. The fourth-order valence-electron chi connectivity index (χ4n) is 4.88. The lowest BCUT2D eigenvalue weighted by molar-refractivity contribution is -0.660.